The van der Waals surface area contributed by atoms with Crippen LogP contribution < -0.4 is 15.8 Å². The molecule has 0 unspecified atom stereocenters. The van der Waals surface area contributed by atoms with Crippen molar-refractivity contribution in [1.29, 1.82) is 0 Å². The average Bonchev–Trinajstić information content (AvgIpc) is 2.73. The van der Waals surface area contributed by atoms with Gasteiger partial charge in [-0.3, -0.25) is 9.59 Å². The molecule has 0 aliphatic rings. The van der Waals surface area contributed by atoms with Crippen molar-refractivity contribution >= 4 is 28.2 Å². The van der Waals surface area contributed by atoms with Crippen LogP contribution in [0.3, 0.4) is 0 Å². The number of methoxy groups -OCH3 is 1. The number of amides is 2. The van der Waals surface area contributed by atoms with Gasteiger partial charge in [-0.25, -0.2) is 0 Å². The molecular weight excluding hydrogens is 288 g/mol. The van der Waals surface area contributed by atoms with Crippen LogP contribution in [0, 0.1) is 13.8 Å². The molecule has 1 aromatic carbocycles. The van der Waals surface area contributed by atoms with E-state index in [0.717, 1.165) is 10.4 Å². The normalized spacial score (nSPS) is 10.2. The monoisotopic (exact) mass is 304 g/mol. The van der Waals surface area contributed by atoms with Gasteiger partial charge < -0.3 is 15.8 Å². The second-order valence-corrected chi connectivity index (χ2v) is 5.76. The Balaban J connectivity index is 2.31. The SMILES string of the molecule is COc1cccc(C(=O)Nc2sc(C)c(C)c2C(N)=O)c1. The summed E-state index contributed by atoms with van der Waals surface area (Å²) in [7, 11) is 1.54. The number of benzene rings is 1. The van der Waals surface area contributed by atoms with Crippen LogP contribution in [0.2, 0.25) is 0 Å². The molecule has 0 spiro atoms. The maximum Gasteiger partial charge on any atom is 0.256 e. The van der Waals surface area contributed by atoms with Gasteiger partial charge in [-0.15, -0.1) is 11.3 Å². The minimum Gasteiger partial charge on any atom is -0.497 e. The molecule has 0 saturated heterocycles. The minimum atomic E-state index is -0.544. The summed E-state index contributed by atoms with van der Waals surface area (Å²) in [6, 6.07) is 6.79. The Bertz CT molecular complexity index is 707. The molecule has 6 heteroatoms. The Kier molecular flexibility index (Phi) is 4.28. The lowest BCUT2D eigenvalue weighted by molar-refractivity contribution is 0.100. The van der Waals surface area contributed by atoms with Gasteiger partial charge >= 0.3 is 0 Å². The molecule has 0 radical (unpaired) electrons. The Hall–Kier alpha value is -2.34. The van der Waals surface area contributed by atoms with Crippen molar-refractivity contribution in [2.45, 2.75) is 13.8 Å². The van der Waals surface area contributed by atoms with E-state index in [4.69, 9.17) is 10.5 Å². The number of carbonyl (C=O) groups is 2. The van der Waals surface area contributed by atoms with Gasteiger partial charge in [0.05, 0.1) is 12.7 Å². The number of hydrogen-bond donors (Lipinski definition) is 2. The lowest BCUT2D eigenvalue weighted by Gasteiger charge is -2.06. The lowest BCUT2D eigenvalue weighted by Crippen LogP contribution is -2.17. The summed E-state index contributed by atoms with van der Waals surface area (Å²) in [4.78, 5) is 24.7. The molecule has 110 valence electrons. The zero-order chi connectivity index (χ0) is 15.6. The fraction of sp³-hybridized carbons (Fsp3) is 0.200. The highest BCUT2D eigenvalue weighted by Crippen LogP contribution is 2.32. The number of hydrogen-bond acceptors (Lipinski definition) is 4. The molecule has 1 aromatic heterocycles. The van der Waals surface area contributed by atoms with Crippen molar-refractivity contribution in [3.05, 3.63) is 45.8 Å². The summed E-state index contributed by atoms with van der Waals surface area (Å²) in [6.45, 7) is 3.70. The molecule has 2 aromatic rings. The van der Waals surface area contributed by atoms with Gasteiger partial charge in [0.25, 0.3) is 11.8 Å². The first kappa shape index (κ1) is 15.1. The summed E-state index contributed by atoms with van der Waals surface area (Å²) in [5.74, 6) is -0.258. The quantitative estimate of drug-likeness (QED) is 0.911. The second kappa shape index (κ2) is 5.97. The molecule has 21 heavy (non-hydrogen) atoms. The van der Waals surface area contributed by atoms with E-state index < -0.39 is 5.91 Å². The van der Waals surface area contributed by atoms with E-state index in [9.17, 15) is 9.59 Å². The number of aryl methyl sites for hydroxylation is 1. The van der Waals surface area contributed by atoms with E-state index in [2.05, 4.69) is 5.32 Å². The van der Waals surface area contributed by atoms with Gasteiger partial charge in [0.1, 0.15) is 10.8 Å². The van der Waals surface area contributed by atoms with Crippen molar-refractivity contribution in [1.82, 2.24) is 0 Å². The molecular formula is C15H16N2O3S. The maximum atomic E-state index is 12.3. The molecule has 1 heterocycles. The zero-order valence-electron chi connectivity index (χ0n) is 12.0. The Morgan fingerprint density at radius 1 is 1.29 bits per heavy atom. The standard InChI is InChI=1S/C15H16N2O3S/c1-8-9(2)21-15(12(8)13(16)18)17-14(19)10-5-4-6-11(7-10)20-3/h4-7H,1-3H3,(H2,16,18)(H,17,19). The van der Waals surface area contributed by atoms with E-state index in [1.54, 1.807) is 24.3 Å². The number of nitrogens with two attached hydrogens (primary N) is 1. The molecule has 0 bridgehead atoms. The summed E-state index contributed by atoms with van der Waals surface area (Å²) >= 11 is 1.34. The highest BCUT2D eigenvalue weighted by Gasteiger charge is 2.19. The van der Waals surface area contributed by atoms with Gasteiger partial charge in [0.2, 0.25) is 0 Å². The maximum absolute atomic E-state index is 12.3. The van der Waals surface area contributed by atoms with Crippen LogP contribution in [0.1, 0.15) is 31.2 Å². The van der Waals surface area contributed by atoms with Crippen molar-refractivity contribution < 1.29 is 14.3 Å². The second-order valence-electron chi connectivity index (χ2n) is 4.54. The fourth-order valence-corrected chi connectivity index (χ4v) is 3.01. The van der Waals surface area contributed by atoms with Gasteiger partial charge in [-0.2, -0.15) is 0 Å². The average molecular weight is 304 g/mol. The molecule has 0 saturated carbocycles. The third-order valence-electron chi connectivity index (χ3n) is 3.19. The number of ether oxygens (including phenoxy) is 1. The third-order valence-corrected chi connectivity index (χ3v) is 4.31. The fourth-order valence-electron chi connectivity index (χ4n) is 1.95. The van der Waals surface area contributed by atoms with E-state index in [1.165, 1.54) is 18.4 Å². The highest BCUT2D eigenvalue weighted by atomic mass is 32.1. The number of primary amides is 1. The summed E-state index contributed by atoms with van der Waals surface area (Å²) in [5, 5.41) is 3.22. The minimum absolute atomic E-state index is 0.308. The van der Waals surface area contributed by atoms with Gasteiger partial charge in [-0.05, 0) is 37.6 Å². The highest BCUT2D eigenvalue weighted by molar-refractivity contribution is 7.16. The van der Waals surface area contributed by atoms with Crippen LogP contribution in [0.4, 0.5) is 5.00 Å². The van der Waals surface area contributed by atoms with E-state index in [0.29, 0.717) is 21.9 Å². The van der Waals surface area contributed by atoms with Crippen LogP contribution in [-0.2, 0) is 0 Å². The van der Waals surface area contributed by atoms with Gasteiger partial charge in [-0.1, -0.05) is 6.07 Å². The summed E-state index contributed by atoms with van der Waals surface area (Å²) < 4.78 is 5.09. The van der Waals surface area contributed by atoms with E-state index >= 15 is 0 Å². The van der Waals surface area contributed by atoms with Crippen molar-refractivity contribution in [2.24, 2.45) is 5.73 Å². The largest absolute Gasteiger partial charge is 0.497 e. The van der Waals surface area contributed by atoms with Crippen LogP contribution in [0.15, 0.2) is 24.3 Å². The first-order valence-electron chi connectivity index (χ1n) is 6.29. The Morgan fingerprint density at radius 2 is 2.00 bits per heavy atom. The van der Waals surface area contributed by atoms with Crippen molar-refractivity contribution in [2.75, 3.05) is 12.4 Å². The summed E-state index contributed by atoms with van der Waals surface area (Å²) in [5.41, 5.74) is 7.01. The number of rotatable bonds is 4. The molecule has 2 rings (SSSR count). The molecule has 0 aliphatic heterocycles. The Labute approximate surface area is 126 Å². The molecule has 3 N–H and O–H groups in total. The number of carbonyl (C=O) groups excluding carboxylic acids is 2. The number of anilines is 1. The van der Waals surface area contributed by atoms with Crippen LogP contribution in [0.5, 0.6) is 5.75 Å². The topological polar surface area (TPSA) is 81.4 Å². The van der Waals surface area contributed by atoms with Crippen molar-refractivity contribution in [3.63, 3.8) is 0 Å². The van der Waals surface area contributed by atoms with Crippen molar-refractivity contribution in [3.8, 4) is 5.75 Å². The predicted molar refractivity (Wildman–Crippen MR) is 83.3 cm³/mol. The van der Waals surface area contributed by atoms with Crippen LogP contribution in [0.25, 0.3) is 0 Å². The van der Waals surface area contributed by atoms with E-state index in [-0.39, 0.29) is 5.91 Å². The molecule has 0 fully saturated rings. The smallest absolute Gasteiger partial charge is 0.256 e. The third kappa shape index (κ3) is 3.05. The first-order chi connectivity index (χ1) is 9.93. The number of thiophene rings is 1. The van der Waals surface area contributed by atoms with E-state index in [1.807, 2.05) is 13.8 Å². The van der Waals surface area contributed by atoms with Gasteiger partial charge in [0.15, 0.2) is 0 Å². The Morgan fingerprint density at radius 3 is 2.62 bits per heavy atom. The zero-order valence-corrected chi connectivity index (χ0v) is 12.8. The summed E-state index contributed by atoms with van der Waals surface area (Å²) in [6.07, 6.45) is 0. The first-order valence-corrected chi connectivity index (χ1v) is 7.11. The molecule has 0 atom stereocenters. The predicted octanol–water partition coefficient (Wildman–Crippen LogP) is 2.72. The molecule has 0 aliphatic carbocycles. The molecule has 5 nitrogen and oxygen atoms in total. The van der Waals surface area contributed by atoms with Crippen LogP contribution in [-0.4, -0.2) is 18.9 Å². The molecule has 2 amide bonds. The lowest BCUT2D eigenvalue weighted by atomic mass is 10.1. The van der Waals surface area contributed by atoms with Crippen LogP contribution >= 0.6 is 11.3 Å². The van der Waals surface area contributed by atoms with Gasteiger partial charge in [0, 0.05) is 10.4 Å². The number of nitrogens with one attached hydrogen (secondary N) is 1.